The molecule has 0 aliphatic carbocycles. The molecule has 2 N–H and O–H groups in total. The molecule has 0 bridgehead atoms. The molecule has 2 aromatic carbocycles. The van der Waals surface area contributed by atoms with E-state index in [0.717, 1.165) is 16.1 Å². The Labute approximate surface area is 340 Å². The maximum absolute atomic E-state index is 14.9. The van der Waals surface area contributed by atoms with Crippen LogP contribution in [-0.2, 0) is 41.6 Å². The van der Waals surface area contributed by atoms with Gasteiger partial charge in [-0.05, 0) is 63.2 Å². The zero-order valence-corrected chi connectivity index (χ0v) is 34.2. The molecule has 0 unspecified atom stereocenters. The van der Waals surface area contributed by atoms with E-state index in [1.165, 1.54) is 14.8 Å². The van der Waals surface area contributed by atoms with E-state index < -0.39 is 71.7 Å². The van der Waals surface area contributed by atoms with Gasteiger partial charge in [-0.2, -0.15) is 10.2 Å². The zero-order chi connectivity index (χ0) is 41.5. The van der Waals surface area contributed by atoms with Gasteiger partial charge < -0.3 is 25.3 Å². The van der Waals surface area contributed by atoms with Crippen molar-refractivity contribution >= 4 is 47.9 Å². The van der Waals surface area contributed by atoms with Crippen LogP contribution >= 0.6 is 0 Å². The summed E-state index contributed by atoms with van der Waals surface area (Å²) in [6.07, 6.45) is 5.79. The Morgan fingerprint density at radius 3 is 2.07 bits per heavy atom. The largest absolute Gasteiger partial charge is 0.342 e. The number of amides is 6. The average molecular weight is 796 g/mol. The van der Waals surface area contributed by atoms with E-state index in [-0.39, 0.29) is 44.1 Å². The maximum Gasteiger partial charge on any atom is 0.268 e. The van der Waals surface area contributed by atoms with Gasteiger partial charge in [0.25, 0.3) is 11.8 Å². The third kappa shape index (κ3) is 9.46. The van der Waals surface area contributed by atoms with Gasteiger partial charge in [0.05, 0.1) is 0 Å². The van der Waals surface area contributed by atoms with E-state index in [2.05, 4.69) is 20.8 Å². The van der Waals surface area contributed by atoms with Crippen LogP contribution in [0.5, 0.6) is 0 Å². The fraction of sp³-hybridized carbons (Fsp3) is 0.535. The van der Waals surface area contributed by atoms with Crippen molar-refractivity contribution in [3.05, 3.63) is 71.8 Å². The molecule has 8 atom stereocenters. The molecule has 0 spiro atoms. The number of fused-ring (bicyclic) bond motifs is 3. The van der Waals surface area contributed by atoms with Crippen molar-refractivity contribution < 1.29 is 28.8 Å². The third-order valence-corrected chi connectivity index (χ3v) is 11.8. The molecule has 310 valence electrons. The smallest absolute Gasteiger partial charge is 0.268 e. The first-order valence-corrected chi connectivity index (χ1v) is 20.5. The van der Waals surface area contributed by atoms with Crippen LogP contribution in [-0.4, -0.2) is 143 Å². The molecule has 0 aromatic heterocycles. The summed E-state index contributed by atoms with van der Waals surface area (Å²) in [5.74, 6) is -3.67. The van der Waals surface area contributed by atoms with Crippen LogP contribution in [0.15, 0.2) is 70.9 Å². The first-order valence-electron chi connectivity index (χ1n) is 20.5. The zero-order valence-electron chi connectivity index (χ0n) is 34.2. The topological polar surface area (TPSA) is 167 Å². The molecule has 15 heteroatoms. The Morgan fingerprint density at radius 2 is 1.41 bits per heavy atom. The second kappa shape index (κ2) is 18.9. The second-order valence-corrected chi connectivity index (χ2v) is 16.3. The molecule has 0 saturated carbocycles. The van der Waals surface area contributed by atoms with E-state index in [0.29, 0.717) is 32.2 Å². The highest BCUT2D eigenvalue weighted by Gasteiger charge is 2.47. The Morgan fingerprint density at radius 1 is 0.759 bits per heavy atom. The molecule has 58 heavy (non-hydrogen) atoms. The SMILES string of the molecule is CC[C@@H](C)[C@@H]1NC(=O)[C@@H](Cc2ccccc2)NC(=O)[C@@H]2CCCN2C(=O)[C@@H](Cc2ccccc2)N(C)C(=O)[C@@H]2C[C@@H](CN(C)C)C=NN2C(=O)[C@H]2CCC=NN2C1=O. The van der Waals surface area contributed by atoms with Crippen LogP contribution in [0.2, 0.25) is 0 Å². The molecular formula is C43H57N9O6. The van der Waals surface area contributed by atoms with Gasteiger partial charge in [0.15, 0.2) is 0 Å². The van der Waals surface area contributed by atoms with Gasteiger partial charge in [-0.1, -0.05) is 80.9 Å². The van der Waals surface area contributed by atoms with Crippen molar-refractivity contribution in [2.75, 3.05) is 34.2 Å². The summed E-state index contributed by atoms with van der Waals surface area (Å²) < 4.78 is 0. The number of benzene rings is 2. The first-order chi connectivity index (χ1) is 27.9. The fourth-order valence-electron chi connectivity index (χ4n) is 8.39. The summed E-state index contributed by atoms with van der Waals surface area (Å²) in [6, 6.07) is 12.3. The third-order valence-electron chi connectivity index (χ3n) is 11.8. The number of hydrazone groups is 2. The fourth-order valence-corrected chi connectivity index (χ4v) is 8.39. The summed E-state index contributed by atoms with van der Waals surface area (Å²) in [6.45, 7) is 4.58. The minimum absolute atomic E-state index is 0.126. The van der Waals surface area contributed by atoms with Crippen LogP contribution in [0.1, 0.15) is 63.5 Å². The number of likely N-dealkylation sites (N-methyl/N-ethyl adjacent to an activating group) is 1. The minimum Gasteiger partial charge on any atom is -0.342 e. The number of nitrogens with one attached hydrogen (secondary N) is 2. The highest BCUT2D eigenvalue weighted by atomic mass is 16.2. The molecule has 2 aromatic rings. The quantitative estimate of drug-likeness (QED) is 0.413. The van der Waals surface area contributed by atoms with Gasteiger partial charge in [-0.25, -0.2) is 10.0 Å². The molecule has 15 nitrogen and oxygen atoms in total. The van der Waals surface area contributed by atoms with Gasteiger partial charge in [-0.3, -0.25) is 28.8 Å². The van der Waals surface area contributed by atoms with Gasteiger partial charge >= 0.3 is 0 Å². The van der Waals surface area contributed by atoms with E-state index in [9.17, 15) is 28.8 Å². The van der Waals surface area contributed by atoms with Gasteiger partial charge in [-0.15, -0.1) is 0 Å². The van der Waals surface area contributed by atoms with Crippen molar-refractivity contribution in [3.63, 3.8) is 0 Å². The van der Waals surface area contributed by atoms with Crippen molar-refractivity contribution in [2.24, 2.45) is 22.0 Å². The van der Waals surface area contributed by atoms with Crippen molar-refractivity contribution in [1.82, 2.24) is 35.4 Å². The Bertz CT molecular complexity index is 1870. The molecule has 0 radical (unpaired) electrons. The number of nitrogens with zero attached hydrogens (tertiary/aromatic N) is 7. The van der Waals surface area contributed by atoms with Gasteiger partial charge in [0.1, 0.15) is 36.3 Å². The van der Waals surface area contributed by atoms with E-state index in [1.54, 1.807) is 19.5 Å². The van der Waals surface area contributed by atoms with E-state index in [4.69, 9.17) is 0 Å². The monoisotopic (exact) mass is 795 g/mol. The Hall–Kier alpha value is -5.44. The molecule has 4 heterocycles. The number of hydrogen-bond donors (Lipinski definition) is 2. The summed E-state index contributed by atoms with van der Waals surface area (Å²) in [7, 11) is 5.40. The highest BCUT2D eigenvalue weighted by Crippen LogP contribution is 2.28. The average Bonchev–Trinajstić information content (AvgIpc) is 3.74. The standard InChI is InChI=1S/C43H57N9O6/c1-6-28(2)37-43(58)51-34(19-13-21-44-51)42(57)52-36(25-31(26-45-52)27-48(3)4)40(55)49(5)35(24-30-17-11-8-12-18-30)41(56)50-22-14-20-33(50)39(54)46-32(38(53)47-37)23-29-15-9-7-10-16-29/h7-12,15-18,21,26,28,31-37H,6,13-14,19-20,22-25,27H2,1-5H3,(H,46,54)(H,47,53)/t28-,31-,32-,33+,34-,35-,36+,37+/m1/s1. The van der Waals surface area contributed by atoms with Gasteiger partial charge in [0.2, 0.25) is 23.6 Å². The predicted octanol–water partition coefficient (Wildman–Crippen LogP) is 2.06. The highest BCUT2D eigenvalue weighted by molar-refractivity contribution is 5.99. The molecule has 2 fully saturated rings. The van der Waals surface area contributed by atoms with Crippen LogP contribution in [0.25, 0.3) is 0 Å². The van der Waals surface area contributed by atoms with Crippen LogP contribution in [0.3, 0.4) is 0 Å². The Kier molecular flexibility index (Phi) is 13.7. The molecule has 4 aliphatic rings. The van der Waals surface area contributed by atoms with Crippen LogP contribution < -0.4 is 10.6 Å². The van der Waals surface area contributed by atoms with Crippen molar-refractivity contribution in [3.8, 4) is 0 Å². The normalized spacial score (nSPS) is 28.1. The molecule has 6 amide bonds. The van der Waals surface area contributed by atoms with E-state index in [1.807, 2.05) is 93.5 Å². The number of carbonyl (C=O) groups is 6. The summed E-state index contributed by atoms with van der Waals surface area (Å²) in [5.41, 5.74) is 1.60. The summed E-state index contributed by atoms with van der Waals surface area (Å²) in [5, 5.41) is 17.2. The van der Waals surface area contributed by atoms with Crippen LogP contribution in [0, 0.1) is 11.8 Å². The number of hydrogen-bond acceptors (Lipinski definition) is 9. The lowest BCUT2D eigenvalue weighted by atomic mass is 9.94. The van der Waals surface area contributed by atoms with E-state index >= 15 is 0 Å². The predicted molar refractivity (Wildman–Crippen MR) is 219 cm³/mol. The van der Waals surface area contributed by atoms with Gasteiger partial charge in [0, 0.05) is 51.3 Å². The summed E-state index contributed by atoms with van der Waals surface area (Å²) in [4.78, 5) is 92.8. The first kappa shape index (κ1) is 42.2. The lowest BCUT2D eigenvalue weighted by molar-refractivity contribution is -0.157. The second-order valence-electron chi connectivity index (χ2n) is 16.3. The number of rotatable bonds is 8. The molecule has 6 rings (SSSR count). The molecule has 4 aliphatic heterocycles. The van der Waals surface area contributed by atoms with Crippen LogP contribution in [0.4, 0.5) is 0 Å². The molecule has 2 saturated heterocycles. The Balaban J connectivity index is 1.46. The lowest BCUT2D eigenvalue weighted by Crippen LogP contribution is -2.63. The maximum atomic E-state index is 14.9. The minimum atomic E-state index is -1.12. The van der Waals surface area contributed by atoms with Crippen molar-refractivity contribution in [1.29, 1.82) is 0 Å². The number of carbonyl (C=O) groups excluding carboxylic acids is 6. The van der Waals surface area contributed by atoms with Crippen molar-refractivity contribution in [2.45, 2.75) is 101 Å². The lowest BCUT2D eigenvalue weighted by Gasteiger charge is -2.41. The summed E-state index contributed by atoms with van der Waals surface area (Å²) >= 11 is 0. The molecular weight excluding hydrogens is 739 g/mol.